The molecule has 27 heavy (non-hydrogen) atoms. The van der Waals surface area contributed by atoms with Crippen molar-refractivity contribution in [3.8, 4) is 0 Å². The Bertz CT molecular complexity index is 863. The van der Waals surface area contributed by atoms with Crippen LogP contribution in [0.4, 0.5) is 5.69 Å². The van der Waals surface area contributed by atoms with Gasteiger partial charge in [0.2, 0.25) is 0 Å². The van der Waals surface area contributed by atoms with Gasteiger partial charge in [-0.1, -0.05) is 31.2 Å². The van der Waals surface area contributed by atoms with Gasteiger partial charge in [-0.15, -0.1) is 0 Å². The molecule has 1 aliphatic carbocycles. The van der Waals surface area contributed by atoms with E-state index in [0.29, 0.717) is 5.69 Å². The Morgan fingerprint density at radius 1 is 1.04 bits per heavy atom. The van der Waals surface area contributed by atoms with Crippen LogP contribution in [-0.4, -0.2) is 11.8 Å². The summed E-state index contributed by atoms with van der Waals surface area (Å²) in [5, 5.41) is 5.54. The summed E-state index contributed by atoms with van der Waals surface area (Å²) in [4.78, 5) is 24.7. The highest BCUT2D eigenvalue weighted by atomic mass is 79.9. The monoisotopic (exact) mass is 428 g/mol. The molecule has 2 aromatic carbocycles. The molecule has 0 saturated carbocycles. The van der Waals surface area contributed by atoms with Crippen molar-refractivity contribution in [2.45, 2.75) is 52.0 Å². The number of hydrogen-bond donors (Lipinski definition) is 2. The molecule has 142 valence electrons. The standard InChI is InChI=1S/C22H25BrN2O2/c1-3-19(17-10-9-15-6-4-5-7-16(15)13-17)24-21(26)22(27)25-20-11-8-14(2)12-18(20)23/h8-13,19H,3-7H2,1-2H3,(H,24,26)(H,25,27). The Kier molecular flexibility index (Phi) is 6.32. The van der Waals surface area contributed by atoms with Gasteiger partial charge in [0.15, 0.2) is 0 Å². The summed E-state index contributed by atoms with van der Waals surface area (Å²) >= 11 is 3.41. The zero-order valence-corrected chi connectivity index (χ0v) is 17.4. The van der Waals surface area contributed by atoms with E-state index >= 15 is 0 Å². The van der Waals surface area contributed by atoms with Crippen LogP contribution in [0.3, 0.4) is 0 Å². The topological polar surface area (TPSA) is 58.2 Å². The highest BCUT2D eigenvalue weighted by molar-refractivity contribution is 9.10. The Morgan fingerprint density at radius 2 is 1.78 bits per heavy atom. The van der Waals surface area contributed by atoms with Crippen molar-refractivity contribution in [2.24, 2.45) is 0 Å². The van der Waals surface area contributed by atoms with Crippen LogP contribution in [0.5, 0.6) is 0 Å². The van der Waals surface area contributed by atoms with Crippen LogP contribution in [0.2, 0.25) is 0 Å². The fourth-order valence-electron chi connectivity index (χ4n) is 3.52. The van der Waals surface area contributed by atoms with E-state index in [9.17, 15) is 9.59 Å². The Morgan fingerprint density at radius 3 is 2.48 bits per heavy atom. The van der Waals surface area contributed by atoms with Gasteiger partial charge in [-0.3, -0.25) is 9.59 Å². The molecule has 0 bridgehead atoms. The normalized spacial score (nSPS) is 14.2. The van der Waals surface area contributed by atoms with Gasteiger partial charge in [-0.05, 0) is 89.3 Å². The third kappa shape index (κ3) is 4.78. The third-order valence-corrected chi connectivity index (χ3v) is 5.72. The molecule has 3 rings (SSSR count). The minimum atomic E-state index is -0.657. The average Bonchev–Trinajstić information content (AvgIpc) is 2.67. The molecule has 0 spiro atoms. The molecule has 0 saturated heterocycles. The second-order valence-electron chi connectivity index (χ2n) is 7.11. The maximum atomic E-state index is 12.4. The predicted molar refractivity (Wildman–Crippen MR) is 112 cm³/mol. The first-order valence-electron chi connectivity index (χ1n) is 9.47. The Hall–Kier alpha value is -2.14. The minimum absolute atomic E-state index is 0.170. The summed E-state index contributed by atoms with van der Waals surface area (Å²) in [7, 11) is 0. The van der Waals surface area contributed by atoms with Crippen molar-refractivity contribution in [1.29, 1.82) is 0 Å². The first-order chi connectivity index (χ1) is 13.0. The second kappa shape index (κ2) is 8.70. The lowest BCUT2D eigenvalue weighted by Crippen LogP contribution is -2.37. The van der Waals surface area contributed by atoms with Crippen molar-refractivity contribution in [1.82, 2.24) is 5.32 Å². The highest BCUT2D eigenvalue weighted by Crippen LogP contribution is 2.26. The largest absolute Gasteiger partial charge is 0.341 e. The molecule has 0 aromatic heterocycles. The second-order valence-corrected chi connectivity index (χ2v) is 7.96. The number of amides is 2. The summed E-state index contributed by atoms with van der Waals surface area (Å²) in [5.74, 6) is -1.27. The summed E-state index contributed by atoms with van der Waals surface area (Å²) < 4.78 is 0.755. The smallest absolute Gasteiger partial charge is 0.313 e. The van der Waals surface area contributed by atoms with Gasteiger partial charge in [-0.2, -0.15) is 0 Å². The molecule has 1 aliphatic rings. The summed E-state index contributed by atoms with van der Waals surface area (Å²) in [6.07, 6.45) is 5.41. The number of hydrogen-bond acceptors (Lipinski definition) is 2. The maximum absolute atomic E-state index is 12.4. The fourth-order valence-corrected chi connectivity index (χ4v) is 4.11. The van der Waals surface area contributed by atoms with Gasteiger partial charge in [0, 0.05) is 4.47 Å². The first-order valence-corrected chi connectivity index (χ1v) is 10.3. The van der Waals surface area contributed by atoms with Crippen LogP contribution in [0.1, 0.15) is 54.5 Å². The zero-order valence-electron chi connectivity index (χ0n) is 15.8. The third-order valence-electron chi connectivity index (χ3n) is 5.07. The van der Waals surface area contributed by atoms with Crippen LogP contribution in [0.15, 0.2) is 40.9 Å². The molecular weight excluding hydrogens is 404 g/mol. The van der Waals surface area contributed by atoms with E-state index in [2.05, 4.69) is 44.8 Å². The van der Waals surface area contributed by atoms with E-state index in [4.69, 9.17) is 0 Å². The number of nitrogens with one attached hydrogen (secondary N) is 2. The SMILES string of the molecule is CCC(NC(=O)C(=O)Nc1ccc(C)cc1Br)c1ccc2c(c1)CCCC2. The van der Waals surface area contributed by atoms with Crippen LogP contribution in [0, 0.1) is 6.92 Å². The van der Waals surface area contributed by atoms with Crippen LogP contribution < -0.4 is 10.6 Å². The predicted octanol–water partition coefficient (Wildman–Crippen LogP) is 4.84. The molecule has 2 amide bonds. The molecule has 2 aromatic rings. The number of carbonyl (C=O) groups excluding carboxylic acids is 2. The van der Waals surface area contributed by atoms with E-state index in [1.165, 1.54) is 24.0 Å². The Labute approximate surface area is 168 Å². The lowest BCUT2D eigenvalue weighted by Gasteiger charge is -2.21. The van der Waals surface area contributed by atoms with Crippen LogP contribution in [0.25, 0.3) is 0 Å². The molecule has 5 heteroatoms. The van der Waals surface area contributed by atoms with Crippen molar-refractivity contribution < 1.29 is 9.59 Å². The zero-order chi connectivity index (χ0) is 19.4. The van der Waals surface area contributed by atoms with Gasteiger partial charge >= 0.3 is 11.8 Å². The fraction of sp³-hybridized carbons (Fsp3) is 0.364. The average molecular weight is 429 g/mol. The summed E-state index contributed by atoms with van der Waals surface area (Å²) in [6, 6.07) is 11.8. The van der Waals surface area contributed by atoms with Gasteiger partial charge in [0.1, 0.15) is 0 Å². The lowest BCUT2D eigenvalue weighted by atomic mass is 9.89. The molecular formula is C22H25BrN2O2. The molecule has 1 atom stereocenters. The van der Waals surface area contributed by atoms with Crippen molar-refractivity contribution >= 4 is 33.4 Å². The maximum Gasteiger partial charge on any atom is 0.313 e. The molecule has 0 aliphatic heterocycles. The van der Waals surface area contributed by atoms with Crippen LogP contribution in [-0.2, 0) is 22.4 Å². The van der Waals surface area contributed by atoms with Crippen LogP contribution >= 0.6 is 15.9 Å². The first kappa shape index (κ1) is 19.6. The number of halogens is 1. The number of carbonyl (C=O) groups is 2. The van der Waals surface area contributed by atoms with Crippen molar-refractivity contribution in [2.75, 3.05) is 5.32 Å². The molecule has 0 radical (unpaired) electrons. The van der Waals surface area contributed by atoms with Gasteiger partial charge < -0.3 is 10.6 Å². The lowest BCUT2D eigenvalue weighted by molar-refractivity contribution is -0.136. The summed E-state index contributed by atoms with van der Waals surface area (Å²) in [5.41, 5.74) is 5.51. The molecule has 2 N–H and O–H groups in total. The van der Waals surface area contributed by atoms with E-state index in [1.54, 1.807) is 6.07 Å². The van der Waals surface area contributed by atoms with E-state index in [1.807, 2.05) is 26.0 Å². The summed E-state index contributed by atoms with van der Waals surface area (Å²) in [6.45, 7) is 3.98. The van der Waals surface area contributed by atoms with E-state index in [-0.39, 0.29) is 6.04 Å². The number of fused-ring (bicyclic) bond motifs is 1. The number of rotatable bonds is 4. The number of benzene rings is 2. The van der Waals surface area contributed by atoms with E-state index in [0.717, 1.165) is 34.9 Å². The molecule has 1 unspecified atom stereocenters. The van der Waals surface area contributed by atoms with E-state index < -0.39 is 11.8 Å². The van der Waals surface area contributed by atoms with Crippen molar-refractivity contribution in [3.63, 3.8) is 0 Å². The minimum Gasteiger partial charge on any atom is -0.341 e. The van der Waals surface area contributed by atoms with Gasteiger partial charge in [-0.25, -0.2) is 0 Å². The van der Waals surface area contributed by atoms with Crippen molar-refractivity contribution in [3.05, 3.63) is 63.1 Å². The Balaban J connectivity index is 1.68. The quantitative estimate of drug-likeness (QED) is 0.684. The van der Waals surface area contributed by atoms with Gasteiger partial charge in [0.05, 0.1) is 11.7 Å². The van der Waals surface area contributed by atoms with Gasteiger partial charge in [0.25, 0.3) is 0 Å². The molecule has 0 heterocycles. The highest BCUT2D eigenvalue weighted by Gasteiger charge is 2.21. The number of anilines is 1. The molecule has 0 fully saturated rings. The molecule has 4 nitrogen and oxygen atoms in total. The number of aryl methyl sites for hydroxylation is 3.